The van der Waals surface area contributed by atoms with Crippen LogP contribution in [-0.4, -0.2) is 18.9 Å². The molecular weight excluding hydrogens is 332 g/mol. The Morgan fingerprint density at radius 2 is 1.85 bits per heavy atom. The van der Waals surface area contributed by atoms with Gasteiger partial charge in [-0.2, -0.15) is 5.26 Å². The number of imide groups is 1. The van der Waals surface area contributed by atoms with Crippen molar-refractivity contribution in [3.8, 4) is 23.3 Å². The number of methoxy groups -OCH3 is 1. The number of amides is 2. The molecule has 2 aromatic carbocycles. The largest absolute Gasteiger partial charge is 0.495 e. The van der Waals surface area contributed by atoms with Gasteiger partial charge in [0.2, 0.25) is 11.8 Å². The second-order valence-electron chi connectivity index (χ2n) is 5.95. The molecule has 132 valence electrons. The van der Waals surface area contributed by atoms with Crippen LogP contribution in [0.5, 0.6) is 17.2 Å². The van der Waals surface area contributed by atoms with Crippen molar-refractivity contribution in [3.05, 3.63) is 48.0 Å². The highest BCUT2D eigenvalue weighted by Gasteiger charge is 2.38. The Balaban J connectivity index is 1.78. The predicted octanol–water partition coefficient (Wildman–Crippen LogP) is 3.65. The van der Waals surface area contributed by atoms with Crippen LogP contribution < -0.4 is 14.4 Å². The van der Waals surface area contributed by atoms with Gasteiger partial charge >= 0.3 is 0 Å². The van der Waals surface area contributed by atoms with E-state index >= 15 is 0 Å². The van der Waals surface area contributed by atoms with Crippen molar-refractivity contribution in [2.24, 2.45) is 5.92 Å². The number of nitrogens with zero attached hydrogens (tertiary/aromatic N) is 2. The van der Waals surface area contributed by atoms with Crippen molar-refractivity contribution < 1.29 is 19.1 Å². The molecule has 1 aliphatic heterocycles. The second-order valence-corrected chi connectivity index (χ2v) is 5.95. The number of nitriles is 1. The van der Waals surface area contributed by atoms with Crippen molar-refractivity contribution in [1.82, 2.24) is 0 Å². The van der Waals surface area contributed by atoms with Gasteiger partial charge in [0.1, 0.15) is 23.3 Å². The van der Waals surface area contributed by atoms with Crippen LogP contribution >= 0.6 is 0 Å². The fourth-order valence-corrected chi connectivity index (χ4v) is 2.91. The maximum absolute atomic E-state index is 12.3. The Morgan fingerprint density at radius 3 is 2.42 bits per heavy atom. The minimum atomic E-state index is -0.232. The molecular formula is C20H18N2O4. The summed E-state index contributed by atoms with van der Waals surface area (Å²) < 4.78 is 10.9. The zero-order valence-corrected chi connectivity index (χ0v) is 14.6. The first kappa shape index (κ1) is 17.5. The van der Waals surface area contributed by atoms with Crippen LogP contribution in [0.15, 0.2) is 42.5 Å². The number of ether oxygens (including phenoxy) is 2. The number of anilines is 1. The number of hydrogen-bond donors (Lipinski definition) is 0. The van der Waals surface area contributed by atoms with Gasteiger partial charge in [0.05, 0.1) is 18.4 Å². The lowest BCUT2D eigenvalue weighted by Crippen LogP contribution is -2.30. The normalized spacial score (nSPS) is 16.5. The fourth-order valence-electron chi connectivity index (χ4n) is 2.91. The molecule has 1 saturated heterocycles. The summed E-state index contributed by atoms with van der Waals surface area (Å²) in [6.45, 7) is 1.90. The molecule has 1 atom stereocenters. The molecule has 1 aliphatic rings. The molecule has 1 heterocycles. The van der Waals surface area contributed by atoms with Crippen molar-refractivity contribution in [2.45, 2.75) is 19.8 Å². The third-order valence-electron chi connectivity index (χ3n) is 4.36. The molecule has 0 radical (unpaired) electrons. The zero-order chi connectivity index (χ0) is 18.7. The SMILES string of the molecule is CC[C@H]1CC(=O)N(c2ccc(Oc3ccc(C#N)c(OC)c3)cc2)C1=O. The molecule has 0 N–H and O–H groups in total. The fraction of sp³-hybridized carbons (Fsp3) is 0.250. The van der Waals surface area contributed by atoms with E-state index in [2.05, 4.69) is 0 Å². The molecule has 0 unspecified atom stereocenters. The standard InChI is InChI=1S/C20H18N2O4/c1-3-13-10-19(23)22(20(13)24)15-5-8-16(9-6-15)26-17-7-4-14(12-21)18(11-17)25-2/h4-9,11,13H,3,10H2,1-2H3/t13-/m0/s1. The maximum Gasteiger partial charge on any atom is 0.237 e. The molecule has 0 aliphatic carbocycles. The van der Waals surface area contributed by atoms with Crippen molar-refractivity contribution >= 4 is 17.5 Å². The highest BCUT2D eigenvalue weighted by molar-refractivity contribution is 6.20. The third-order valence-corrected chi connectivity index (χ3v) is 4.36. The van der Waals surface area contributed by atoms with Crippen molar-refractivity contribution in [1.29, 1.82) is 5.26 Å². The maximum atomic E-state index is 12.3. The van der Waals surface area contributed by atoms with Crippen LogP contribution in [0.2, 0.25) is 0 Å². The van der Waals surface area contributed by atoms with Gasteiger partial charge in [0.15, 0.2) is 0 Å². The van der Waals surface area contributed by atoms with Gasteiger partial charge in [-0.1, -0.05) is 6.92 Å². The van der Waals surface area contributed by atoms with Crippen LogP contribution in [0.1, 0.15) is 25.3 Å². The molecule has 26 heavy (non-hydrogen) atoms. The molecule has 6 heteroatoms. The van der Waals surface area contributed by atoms with E-state index in [0.29, 0.717) is 34.9 Å². The van der Waals surface area contributed by atoms with Gasteiger partial charge in [-0.3, -0.25) is 14.5 Å². The van der Waals surface area contributed by atoms with E-state index in [4.69, 9.17) is 14.7 Å². The molecule has 0 bridgehead atoms. The zero-order valence-electron chi connectivity index (χ0n) is 14.6. The van der Waals surface area contributed by atoms with Gasteiger partial charge in [-0.25, -0.2) is 0 Å². The topological polar surface area (TPSA) is 79.6 Å². The summed E-state index contributed by atoms with van der Waals surface area (Å²) in [6, 6.07) is 13.7. The van der Waals surface area contributed by atoms with Gasteiger partial charge in [0, 0.05) is 18.4 Å². The first-order valence-electron chi connectivity index (χ1n) is 8.30. The molecule has 0 aromatic heterocycles. The number of carbonyl (C=O) groups is 2. The molecule has 2 amide bonds. The van der Waals surface area contributed by atoms with E-state index in [0.717, 1.165) is 0 Å². The summed E-state index contributed by atoms with van der Waals surface area (Å²) in [6.07, 6.45) is 0.918. The highest BCUT2D eigenvalue weighted by Crippen LogP contribution is 2.32. The monoisotopic (exact) mass is 350 g/mol. The Labute approximate surface area is 151 Å². The lowest BCUT2D eigenvalue weighted by Gasteiger charge is -2.15. The van der Waals surface area contributed by atoms with Crippen LogP contribution in [0.25, 0.3) is 0 Å². The van der Waals surface area contributed by atoms with Crippen molar-refractivity contribution in [2.75, 3.05) is 12.0 Å². The van der Waals surface area contributed by atoms with E-state index < -0.39 is 0 Å². The van der Waals surface area contributed by atoms with Crippen LogP contribution in [0.3, 0.4) is 0 Å². The Hall–Kier alpha value is -3.33. The number of carbonyl (C=O) groups excluding carboxylic acids is 2. The first-order chi connectivity index (χ1) is 12.6. The number of hydrogen-bond acceptors (Lipinski definition) is 5. The van der Waals surface area contributed by atoms with Gasteiger partial charge in [0.25, 0.3) is 0 Å². The van der Waals surface area contributed by atoms with Crippen LogP contribution in [0.4, 0.5) is 5.69 Å². The van der Waals surface area contributed by atoms with E-state index in [9.17, 15) is 9.59 Å². The molecule has 6 nitrogen and oxygen atoms in total. The van der Waals surface area contributed by atoms with E-state index in [1.165, 1.54) is 12.0 Å². The summed E-state index contributed by atoms with van der Waals surface area (Å²) in [5.41, 5.74) is 0.965. The smallest absolute Gasteiger partial charge is 0.237 e. The van der Waals surface area contributed by atoms with Crippen molar-refractivity contribution in [3.63, 3.8) is 0 Å². The molecule has 1 fully saturated rings. The predicted molar refractivity (Wildman–Crippen MR) is 95.1 cm³/mol. The highest BCUT2D eigenvalue weighted by atomic mass is 16.5. The Bertz CT molecular complexity index is 884. The average molecular weight is 350 g/mol. The van der Waals surface area contributed by atoms with E-state index in [1.54, 1.807) is 42.5 Å². The van der Waals surface area contributed by atoms with Crippen LogP contribution in [0, 0.1) is 17.2 Å². The summed E-state index contributed by atoms with van der Waals surface area (Å²) in [4.78, 5) is 25.6. The lowest BCUT2D eigenvalue weighted by atomic mass is 10.1. The molecule has 2 aromatic rings. The molecule has 0 spiro atoms. The molecule has 3 rings (SSSR count). The summed E-state index contributed by atoms with van der Waals surface area (Å²) in [5, 5.41) is 9.01. The van der Waals surface area contributed by atoms with Gasteiger partial charge < -0.3 is 9.47 Å². The summed E-state index contributed by atoms with van der Waals surface area (Å²) in [5.74, 6) is 0.944. The average Bonchev–Trinajstić information content (AvgIpc) is 2.96. The van der Waals surface area contributed by atoms with Gasteiger partial charge in [-0.15, -0.1) is 0 Å². The van der Waals surface area contributed by atoms with Gasteiger partial charge in [-0.05, 0) is 42.8 Å². The Morgan fingerprint density at radius 1 is 1.15 bits per heavy atom. The molecule has 0 saturated carbocycles. The number of benzene rings is 2. The van der Waals surface area contributed by atoms with E-state index in [1.807, 2.05) is 13.0 Å². The van der Waals surface area contributed by atoms with E-state index in [-0.39, 0.29) is 24.2 Å². The minimum absolute atomic E-state index is 0.150. The number of rotatable bonds is 5. The summed E-state index contributed by atoms with van der Waals surface area (Å²) in [7, 11) is 1.49. The summed E-state index contributed by atoms with van der Waals surface area (Å²) >= 11 is 0. The second kappa shape index (κ2) is 7.28. The lowest BCUT2D eigenvalue weighted by molar-refractivity contribution is -0.122. The quantitative estimate of drug-likeness (QED) is 0.769. The Kier molecular flexibility index (Phi) is 4.90. The third kappa shape index (κ3) is 3.24. The van der Waals surface area contributed by atoms with Crippen LogP contribution in [-0.2, 0) is 9.59 Å². The minimum Gasteiger partial charge on any atom is -0.495 e. The first-order valence-corrected chi connectivity index (χ1v) is 8.30.